The van der Waals surface area contributed by atoms with E-state index < -0.39 is 0 Å². The molecule has 0 spiro atoms. The Morgan fingerprint density at radius 1 is 1.54 bits per heavy atom. The van der Waals surface area contributed by atoms with Gasteiger partial charge in [0.1, 0.15) is 11.6 Å². The molecule has 3 nitrogen and oxygen atoms in total. The monoisotopic (exact) mass is 307 g/mol. The van der Waals surface area contributed by atoms with Crippen LogP contribution in [0.15, 0.2) is 10.7 Å². The number of alkyl halides is 1. The Morgan fingerprint density at radius 3 is 2.85 bits per heavy atom. The van der Waals surface area contributed by atoms with Crippen LogP contribution in [0.3, 0.4) is 0 Å². The number of aromatic nitrogens is 2. The lowest BCUT2D eigenvalue weighted by Gasteiger charge is -2.17. The summed E-state index contributed by atoms with van der Waals surface area (Å²) < 4.78 is 0.932. The first kappa shape index (κ1) is 10.9. The van der Waals surface area contributed by atoms with Crippen LogP contribution in [-0.2, 0) is 0 Å². The maximum absolute atomic E-state index is 4.34. The number of hydrogen-bond donors (Lipinski definition) is 0. The van der Waals surface area contributed by atoms with Crippen molar-refractivity contribution in [2.24, 2.45) is 0 Å². The van der Waals surface area contributed by atoms with E-state index in [1.807, 2.05) is 14.0 Å². The number of halogens is 2. The zero-order valence-corrected chi connectivity index (χ0v) is 10.8. The maximum Gasteiger partial charge on any atom is 0.146 e. The standard InChI is InChI=1S/C8H11Br2N3/c1-6-11-5-7(10)8(12-6)13(2)4-3-9/h5H,3-4H2,1-2H3. The molecule has 1 rings (SSSR count). The summed E-state index contributed by atoms with van der Waals surface area (Å²) >= 11 is 6.81. The highest BCUT2D eigenvalue weighted by Gasteiger charge is 2.07. The predicted molar refractivity (Wildman–Crippen MR) is 61.5 cm³/mol. The van der Waals surface area contributed by atoms with Crippen molar-refractivity contribution in [2.75, 3.05) is 23.8 Å². The summed E-state index contributed by atoms with van der Waals surface area (Å²) in [6.07, 6.45) is 1.78. The topological polar surface area (TPSA) is 29.0 Å². The van der Waals surface area contributed by atoms with Gasteiger partial charge in [0.2, 0.25) is 0 Å². The highest BCUT2D eigenvalue weighted by molar-refractivity contribution is 9.10. The van der Waals surface area contributed by atoms with Crippen molar-refractivity contribution in [3.63, 3.8) is 0 Å². The lowest BCUT2D eigenvalue weighted by atomic mass is 10.5. The first-order chi connectivity index (χ1) is 6.15. The number of anilines is 1. The van der Waals surface area contributed by atoms with Gasteiger partial charge in [-0.2, -0.15) is 0 Å². The normalized spacial score (nSPS) is 10.2. The van der Waals surface area contributed by atoms with Gasteiger partial charge in [-0.1, -0.05) is 15.9 Å². The van der Waals surface area contributed by atoms with Crippen LogP contribution >= 0.6 is 31.9 Å². The Kier molecular flexibility index (Phi) is 4.12. The van der Waals surface area contributed by atoms with E-state index in [2.05, 4.69) is 46.7 Å². The van der Waals surface area contributed by atoms with E-state index in [4.69, 9.17) is 0 Å². The molecule has 13 heavy (non-hydrogen) atoms. The average molecular weight is 309 g/mol. The molecule has 0 aromatic carbocycles. The lowest BCUT2D eigenvalue weighted by Crippen LogP contribution is -2.21. The third kappa shape index (κ3) is 2.91. The molecule has 0 aliphatic carbocycles. The Bertz CT molecular complexity index is 291. The minimum Gasteiger partial charge on any atom is -0.358 e. The van der Waals surface area contributed by atoms with Crippen LogP contribution < -0.4 is 4.90 Å². The van der Waals surface area contributed by atoms with Gasteiger partial charge in [-0.15, -0.1) is 0 Å². The van der Waals surface area contributed by atoms with Gasteiger partial charge in [0, 0.05) is 25.1 Å². The van der Waals surface area contributed by atoms with Crippen LogP contribution in [0, 0.1) is 6.92 Å². The van der Waals surface area contributed by atoms with E-state index in [9.17, 15) is 0 Å². The SMILES string of the molecule is Cc1ncc(Br)c(N(C)CCBr)n1. The zero-order chi connectivity index (χ0) is 9.84. The van der Waals surface area contributed by atoms with Crippen molar-refractivity contribution in [1.29, 1.82) is 0 Å². The molecule has 0 N–H and O–H groups in total. The molecular weight excluding hydrogens is 298 g/mol. The number of rotatable bonds is 3. The van der Waals surface area contributed by atoms with E-state index in [1.165, 1.54) is 0 Å². The Balaban J connectivity index is 2.91. The number of nitrogens with zero attached hydrogens (tertiary/aromatic N) is 3. The molecule has 5 heteroatoms. The predicted octanol–water partition coefficient (Wildman–Crippen LogP) is 2.38. The van der Waals surface area contributed by atoms with Gasteiger partial charge in [-0.25, -0.2) is 9.97 Å². The summed E-state index contributed by atoms with van der Waals surface area (Å²) in [5.74, 6) is 1.73. The first-order valence-corrected chi connectivity index (χ1v) is 5.83. The molecule has 0 saturated carbocycles. The molecule has 0 bridgehead atoms. The quantitative estimate of drug-likeness (QED) is 0.803. The number of aryl methyl sites for hydroxylation is 1. The Labute approximate surface area is 94.8 Å². The van der Waals surface area contributed by atoms with Crippen molar-refractivity contribution < 1.29 is 0 Å². The van der Waals surface area contributed by atoms with Crippen LogP contribution in [0.2, 0.25) is 0 Å². The lowest BCUT2D eigenvalue weighted by molar-refractivity contribution is 0.914. The molecule has 1 aromatic heterocycles. The van der Waals surface area contributed by atoms with Crippen molar-refractivity contribution in [3.05, 3.63) is 16.5 Å². The second kappa shape index (κ2) is 4.91. The highest BCUT2D eigenvalue weighted by atomic mass is 79.9. The molecule has 0 aliphatic heterocycles. The number of hydrogen-bond acceptors (Lipinski definition) is 3. The summed E-state index contributed by atoms with van der Waals surface area (Å²) in [5.41, 5.74) is 0. The van der Waals surface area contributed by atoms with E-state index in [0.29, 0.717) is 0 Å². The molecule has 72 valence electrons. The molecule has 1 aromatic rings. The minimum atomic E-state index is 0.791. The summed E-state index contributed by atoms with van der Waals surface area (Å²) in [6, 6.07) is 0. The van der Waals surface area contributed by atoms with Gasteiger partial charge in [0.05, 0.1) is 4.47 Å². The fourth-order valence-corrected chi connectivity index (χ4v) is 1.97. The molecule has 0 amide bonds. The van der Waals surface area contributed by atoms with Crippen LogP contribution in [0.5, 0.6) is 0 Å². The summed E-state index contributed by atoms with van der Waals surface area (Å²) in [4.78, 5) is 10.5. The van der Waals surface area contributed by atoms with E-state index in [1.54, 1.807) is 6.20 Å². The van der Waals surface area contributed by atoms with Gasteiger partial charge in [-0.05, 0) is 22.9 Å². The van der Waals surface area contributed by atoms with E-state index in [0.717, 1.165) is 28.0 Å². The van der Waals surface area contributed by atoms with Gasteiger partial charge in [0.25, 0.3) is 0 Å². The average Bonchev–Trinajstić information content (AvgIpc) is 2.09. The molecule has 1 heterocycles. The maximum atomic E-state index is 4.34. The van der Waals surface area contributed by atoms with E-state index in [-0.39, 0.29) is 0 Å². The van der Waals surface area contributed by atoms with Crippen LogP contribution in [0.25, 0.3) is 0 Å². The molecule has 0 aliphatic rings. The molecule has 0 fully saturated rings. The van der Waals surface area contributed by atoms with Crippen molar-refractivity contribution in [3.8, 4) is 0 Å². The van der Waals surface area contributed by atoms with Crippen molar-refractivity contribution in [2.45, 2.75) is 6.92 Å². The Morgan fingerprint density at radius 2 is 2.23 bits per heavy atom. The second-order valence-corrected chi connectivity index (χ2v) is 4.35. The third-order valence-electron chi connectivity index (χ3n) is 1.63. The summed E-state index contributed by atoms with van der Waals surface area (Å²) in [7, 11) is 2.01. The van der Waals surface area contributed by atoms with Crippen LogP contribution in [0.1, 0.15) is 5.82 Å². The Hall–Kier alpha value is -0.160. The zero-order valence-electron chi connectivity index (χ0n) is 7.59. The molecular formula is C8H11Br2N3. The fraction of sp³-hybridized carbons (Fsp3) is 0.500. The van der Waals surface area contributed by atoms with Gasteiger partial charge in [0.15, 0.2) is 0 Å². The van der Waals surface area contributed by atoms with Gasteiger partial charge < -0.3 is 4.90 Å². The van der Waals surface area contributed by atoms with Crippen molar-refractivity contribution in [1.82, 2.24) is 9.97 Å². The van der Waals surface area contributed by atoms with Crippen LogP contribution in [0.4, 0.5) is 5.82 Å². The van der Waals surface area contributed by atoms with Gasteiger partial charge in [-0.3, -0.25) is 0 Å². The van der Waals surface area contributed by atoms with E-state index >= 15 is 0 Å². The molecule has 0 radical (unpaired) electrons. The minimum absolute atomic E-state index is 0.791. The van der Waals surface area contributed by atoms with Crippen LogP contribution in [-0.4, -0.2) is 28.9 Å². The summed E-state index contributed by atoms with van der Waals surface area (Å²) in [5, 5.41) is 0.930. The molecule has 0 atom stereocenters. The molecule has 0 saturated heterocycles. The second-order valence-electron chi connectivity index (χ2n) is 2.70. The smallest absolute Gasteiger partial charge is 0.146 e. The van der Waals surface area contributed by atoms with Crippen molar-refractivity contribution >= 4 is 37.7 Å². The molecule has 0 unspecified atom stereocenters. The fourth-order valence-electron chi connectivity index (χ4n) is 0.944. The highest BCUT2D eigenvalue weighted by Crippen LogP contribution is 2.21. The largest absolute Gasteiger partial charge is 0.358 e. The first-order valence-electron chi connectivity index (χ1n) is 3.91. The third-order valence-corrected chi connectivity index (χ3v) is 2.54. The van der Waals surface area contributed by atoms with Gasteiger partial charge >= 0.3 is 0 Å². The summed E-state index contributed by atoms with van der Waals surface area (Å²) in [6.45, 7) is 2.81.